The summed E-state index contributed by atoms with van der Waals surface area (Å²) in [5.74, 6) is 0.400. The van der Waals surface area contributed by atoms with Crippen LogP contribution in [0.4, 0.5) is 0 Å². The van der Waals surface area contributed by atoms with E-state index in [1.807, 2.05) is 13.8 Å². The van der Waals surface area contributed by atoms with Crippen molar-refractivity contribution in [2.45, 2.75) is 99.3 Å². The lowest BCUT2D eigenvalue weighted by molar-refractivity contribution is 0.617. The van der Waals surface area contributed by atoms with Gasteiger partial charge < -0.3 is 4.57 Å². The predicted molar refractivity (Wildman–Crippen MR) is 262 cm³/mol. The molecule has 0 radical (unpaired) electrons. The number of nitrogens with zero attached hydrogens (tertiary/aromatic N) is 1. The molecule has 1 atom stereocenters. The van der Waals surface area contributed by atoms with E-state index in [1.54, 1.807) is 0 Å². The normalized spacial score (nSPS) is 14.8. The molecular weight excluding hydrogens is 723 g/mol. The molecule has 0 amide bonds. The number of benzene rings is 6. The second-order valence-electron chi connectivity index (χ2n) is 17.0. The monoisotopic (exact) mass is 783 g/mol. The zero-order valence-corrected chi connectivity index (χ0v) is 37.3. The smallest absolute Gasteiger partial charge is 0.0538 e. The van der Waals surface area contributed by atoms with Gasteiger partial charge >= 0.3 is 0 Å². The van der Waals surface area contributed by atoms with Crippen molar-refractivity contribution in [2.24, 2.45) is 0 Å². The van der Waals surface area contributed by atoms with Gasteiger partial charge in [-0.05, 0) is 148 Å². The van der Waals surface area contributed by atoms with Gasteiger partial charge in [-0.3, -0.25) is 0 Å². The Morgan fingerprint density at radius 2 is 1.35 bits per heavy atom. The third-order valence-electron chi connectivity index (χ3n) is 13.4. The number of allylic oxidation sites excluding steroid dienone is 5. The molecule has 2 aliphatic rings. The first kappa shape index (κ1) is 40.8. The molecule has 60 heavy (non-hydrogen) atoms. The average molecular weight is 784 g/mol. The summed E-state index contributed by atoms with van der Waals surface area (Å²) in [6.07, 6.45) is 11.2. The molecular formula is C59H61N. The van der Waals surface area contributed by atoms with E-state index < -0.39 is 0 Å². The second kappa shape index (κ2) is 17.0. The molecule has 0 saturated carbocycles. The van der Waals surface area contributed by atoms with Crippen LogP contribution in [0.2, 0.25) is 0 Å². The van der Waals surface area contributed by atoms with Crippen LogP contribution in [0.5, 0.6) is 0 Å². The average Bonchev–Trinajstić information content (AvgIpc) is 3.74. The van der Waals surface area contributed by atoms with Crippen molar-refractivity contribution >= 4 is 28.1 Å². The Labute approximate surface area is 359 Å². The largest absolute Gasteiger partial charge is 0.313 e. The van der Waals surface area contributed by atoms with Crippen LogP contribution in [0.1, 0.15) is 120 Å². The molecule has 0 aliphatic heterocycles. The van der Waals surface area contributed by atoms with E-state index in [4.69, 9.17) is 0 Å². The SMILES string of the molecule is C/C=C\C1=C(CC)C(C)(C)c2ccc(-c3cccc(-c4ccc(-n5c6c(c7cc(-c8ccccc8)ccc75)C=C(c5ccccc5)CC6)cc4)c3C(C)CC)c(C)c21.CC. The maximum absolute atomic E-state index is 2.53. The van der Waals surface area contributed by atoms with Crippen molar-refractivity contribution in [2.75, 3.05) is 0 Å². The first-order chi connectivity index (χ1) is 29.2. The summed E-state index contributed by atoms with van der Waals surface area (Å²) >= 11 is 0. The molecule has 7 aromatic rings. The van der Waals surface area contributed by atoms with Crippen molar-refractivity contribution in [1.82, 2.24) is 4.57 Å². The summed E-state index contributed by atoms with van der Waals surface area (Å²) in [6, 6.07) is 50.0. The van der Waals surface area contributed by atoms with Crippen LogP contribution < -0.4 is 0 Å². The standard InChI is InChI=1S/C57H55N.C2H6/c1-8-18-48-51(10-3)57(6,7)52-32-31-45(38(5)56(48)52)47-24-17-23-46(55(47)37(4)9-2)41-25-29-44(30-26-41)58-53-33-27-42(39-19-13-11-14-20-39)35-49(53)50-36-43(28-34-54(50)58)40-21-15-12-16-22-40;1-2/h8,11-27,29-33,35-37H,9-10,28,34H2,1-7H3;1-2H3/b18-8-;. The highest BCUT2D eigenvalue weighted by Crippen LogP contribution is 2.52. The maximum Gasteiger partial charge on any atom is 0.0538 e. The first-order valence-corrected chi connectivity index (χ1v) is 22.5. The molecule has 6 aromatic carbocycles. The van der Waals surface area contributed by atoms with Crippen LogP contribution in [0.25, 0.3) is 67.2 Å². The van der Waals surface area contributed by atoms with Gasteiger partial charge in [0.05, 0.1) is 5.52 Å². The minimum absolute atomic E-state index is 0.0281. The van der Waals surface area contributed by atoms with Crippen molar-refractivity contribution in [3.63, 3.8) is 0 Å². The highest BCUT2D eigenvalue weighted by molar-refractivity contribution is 6.01. The quantitative estimate of drug-likeness (QED) is 0.137. The van der Waals surface area contributed by atoms with Gasteiger partial charge in [0.2, 0.25) is 0 Å². The lowest BCUT2D eigenvalue weighted by atomic mass is 9.78. The van der Waals surface area contributed by atoms with Gasteiger partial charge in [-0.2, -0.15) is 0 Å². The van der Waals surface area contributed by atoms with Gasteiger partial charge in [0.1, 0.15) is 0 Å². The van der Waals surface area contributed by atoms with Crippen LogP contribution >= 0.6 is 0 Å². The zero-order chi connectivity index (χ0) is 42.1. The molecule has 0 spiro atoms. The molecule has 1 unspecified atom stereocenters. The highest BCUT2D eigenvalue weighted by atomic mass is 15.0. The Kier molecular flexibility index (Phi) is 11.6. The molecule has 1 heteroatoms. The minimum Gasteiger partial charge on any atom is -0.313 e. The van der Waals surface area contributed by atoms with Crippen LogP contribution in [-0.2, 0) is 11.8 Å². The molecule has 302 valence electrons. The molecule has 2 aliphatic carbocycles. The Morgan fingerprint density at radius 3 is 2.02 bits per heavy atom. The van der Waals surface area contributed by atoms with Gasteiger partial charge in [0.25, 0.3) is 0 Å². The number of hydrogen-bond donors (Lipinski definition) is 0. The summed E-state index contributed by atoms with van der Waals surface area (Å²) < 4.78 is 2.53. The Bertz CT molecular complexity index is 2770. The van der Waals surface area contributed by atoms with E-state index in [9.17, 15) is 0 Å². The summed E-state index contributed by atoms with van der Waals surface area (Å²) in [5.41, 5.74) is 24.5. The van der Waals surface area contributed by atoms with E-state index in [2.05, 4.69) is 205 Å². The number of fused-ring (bicyclic) bond motifs is 4. The molecule has 0 bridgehead atoms. The van der Waals surface area contributed by atoms with Crippen LogP contribution in [0.15, 0.2) is 151 Å². The Hall–Kier alpha value is -5.92. The van der Waals surface area contributed by atoms with E-state index in [-0.39, 0.29) is 5.41 Å². The summed E-state index contributed by atoms with van der Waals surface area (Å²) in [6.45, 7) is 20.4. The van der Waals surface area contributed by atoms with Crippen molar-refractivity contribution < 1.29 is 0 Å². The molecule has 0 fully saturated rings. The molecule has 0 saturated heterocycles. The van der Waals surface area contributed by atoms with Crippen LogP contribution in [0.3, 0.4) is 0 Å². The summed E-state index contributed by atoms with van der Waals surface area (Å²) in [4.78, 5) is 0. The number of rotatable bonds is 9. The minimum atomic E-state index is 0.0281. The first-order valence-electron chi connectivity index (χ1n) is 22.5. The van der Waals surface area contributed by atoms with Crippen LogP contribution in [0, 0.1) is 6.92 Å². The molecule has 9 rings (SSSR count). The number of hydrogen-bond acceptors (Lipinski definition) is 0. The fourth-order valence-corrected chi connectivity index (χ4v) is 10.3. The van der Waals surface area contributed by atoms with Gasteiger partial charge in [-0.15, -0.1) is 0 Å². The number of aromatic nitrogens is 1. The van der Waals surface area contributed by atoms with Gasteiger partial charge in [-0.1, -0.05) is 175 Å². The van der Waals surface area contributed by atoms with Gasteiger partial charge in [0, 0.05) is 27.7 Å². The second-order valence-corrected chi connectivity index (χ2v) is 17.0. The predicted octanol–water partition coefficient (Wildman–Crippen LogP) is 17.0. The molecule has 0 N–H and O–H groups in total. The lowest BCUT2D eigenvalue weighted by Gasteiger charge is -2.26. The maximum atomic E-state index is 2.53. The van der Waals surface area contributed by atoms with E-state index >= 15 is 0 Å². The van der Waals surface area contributed by atoms with E-state index in [0.717, 1.165) is 25.7 Å². The topological polar surface area (TPSA) is 4.93 Å². The van der Waals surface area contributed by atoms with Gasteiger partial charge in [-0.25, -0.2) is 0 Å². The third-order valence-corrected chi connectivity index (χ3v) is 13.4. The Balaban J connectivity index is 0.00000246. The van der Waals surface area contributed by atoms with Crippen LogP contribution in [-0.4, -0.2) is 4.57 Å². The van der Waals surface area contributed by atoms with Crippen molar-refractivity contribution in [3.05, 3.63) is 190 Å². The molecule has 1 heterocycles. The third kappa shape index (κ3) is 6.93. The highest BCUT2D eigenvalue weighted by Gasteiger charge is 2.37. The lowest BCUT2D eigenvalue weighted by Crippen LogP contribution is -2.17. The van der Waals surface area contributed by atoms with E-state index in [1.165, 1.54) is 106 Å². The molecule has 1 aromatic heterocycles. The fourth-order valence-electron chi connectivity index (χ4n) is 10.3. The summed E-state index contributed by atoms with van der Waals surface area (Å²) in [7, 11) is 0. The zero-order valence-electron chi connectivity index (χ0n) is 37.3. The van der Waals surface area contributed by atoms with Crippen molar-refractivity contribution in [3.8, 4) is 39.1 Å². The summed E-state index contributed by atoms with van der Waals surface area (Å²) in [5, 5.41) is 1.31. The molecule has 1 nitrogen and oxygen atoms in total. The van der Waals surface area contributed by atoms with E-state index in [0.29, 0.717) is 5.92 Å². The Morgan fingerprint density at radius 1 is 0.683 bits per heavy atom. The van der Waals surface area contributed by atoms with Crippen molar-refractivity contribution in [1.29, 1.82) is 0 Å². The fraction of sp³-hybridized carbons (Fsp3) is 0.254. The van der Waals surface area contributed by atoms with Gasteiger partial charge in [0.15, 0.2) is 0 Å².